The zero-order chi connectivity index (χ0) is 11.4. The molecule has 0 heterocycles. The van der Waals surface area contributed by atoms with Crippen molar-refractivity contribution in [3.8, 4) is 0 Å². The third-order valence-electron chi connectivity index (χ3n) is 1.84. The lowest BCUT2D eigenvalue weighted by Gasteiger charge is -2.32. The highest BCUT2D eigenvalue weighted by atomic mass is 79.9. The Balaban J connectivity index is 4.25. The molecule has 1 unspecified atom stereocenters. The van der Waals surface area contributed by atoms with E-state index in [-0.39, 0.29) is 6.10 Å². The Kier molecular flexibility index (Phi) is 5.63. The predicted molar refractivity (Wildman–Crippen MR) is 70.6 cm³/mol. The van der Waals surface area contributed by atoms with Crippen LogP contribution < -0.4 is 0 Å². The van der Waals surface area contributed by atoms with E-state index in [2.05, 4.69) is 56.4 Å². The van der Waals surface area contributed by atoms with E-state index in [9.17, 15) is 0 Å². The minimum absolute atomic E-state index is 0.166. The lowest BCUT2D eigenvalue weighted by atomic mass is 10.0. The van der Waals surface area contributed by atoms with Crippen molar-refractivity contribution in [2.75, 3.05) is 5.33 Å². The highest BCUT2D eigenvalue weighted by Crippen LogP contribution is 2.29. The van der Waals surface area contributed by atoms with E-state index in [0.717, 1.165) is 5.33 Å². The average molecular weight is 279 g/mol. The summed E-state index contributed by atoms with van der Waals surface area (Å²) in [6.07, 6.45) is 2.05. The average Bonchev–Trinajstić information content (AvgIpc) is 1.95. The fourth-order valence-electron chi connectivity index (χ4n) is 1.87. The second kappa shape index (κ2) is 5.47. The molecular formula is C11H23BrOSi. The summed E-state index contributed by atoms with van der Waals surface area (Å²) in [5.74, 6) is 0. The highest BCUT2D eigenvalue weighted by molar-refractivity contribution is 9.09. The number of rotatable bonds is 5. The van der Waals surface area contributed by atoms with Gasteiger partial charge in [0.1, 0.15) is 0 Å². The molecule has 0 saturated heterocycles. The molecule has 0 aliphatic carbocycles. The van der Waals surface area contributed by atoms with E-state index >= 15 is 0 Å². The summed E-state index contributed by atoms with van der Waals surface area (Å²) >= 11 is 3.43. The second-order valence-corrected chi connectivity index (χ2v) is 10.3. The molecule has 1 nitrogen and oxygen atoms in total. The van der Waals surface area contributed by atoms with E-state index in [4.69, 9.17) is 4.43 Å². The summed E-state index contributed by atoms with van der Waals surface area (Å²) in [5, 5.41) is 0.844. The molecule has 0 aromatic rings. The Morgan fingerprint density at radius 3 is 2.21 bits per heavy atom. The van der Waals surface area contributed by atoms with Gasteiger partial charge in [0.25, 0.3) is 0 Å². The van der Waals surface area contributed by atoms with Crippen molar-refractivity contribution < 1.29 is 4.43 Å². The Labute approximate surface area is 98.2 Å². The Morgan fingerprint density at radius 1 is 1.43 bits per heavy atom. The quantitative estimate of drug-likeness (QED) is 0.416. The first-order chi connectivity index (χ1) is 6.20. The third-order valence-corrected chi connectivity index (χ3v) is 5.33. The molecule has 0 bridgehead atoms. The molecule has 0 aliphatic heterocycles. The van der Waals surface area contributed by atoms with Crippen LogP contribution in [0.2, 0.25) is 19.1 Å². The van der Waals surface area contributed by atoms with Gasteiger partial charge in [0.05, 0.1) is 6.10 Å². The fraction of sp³-hybridized carbons (Fsp3) is 0.818. The van der Waals surface area contributed by atoms with Gasteiger partial charge in [0.15, 0.2) is 8.32 Å². The lowest BCUT2D eigenvalue weighted by molar-refractivity contribution is 0.254. The summed E-state index contributed by atoms with van der Waals surface area (Å²) in [6, 6.07) is 1.18. The highest BCUT2D eigenvalue weighted by Gasteiger charge is 2.30. The van der Waals surface area contributed by atoms with Crippen molar-refractivity contribution in [1.29, 1.82) is 0 Å². The molecule has 3 heteroatoms. The molecule has 0 rings (SSSR count). The summed E-state index contributed by atoms with van der Waals surface area (Å²) in [7, 11) is -1.55. The van der Waals surface area contributed by atoms with Crippen LogP contribution in [0.5, 0.6) is 0 Å². The lowest BCUT2D eigenvalue weighted by Crippen LogP contribution is -2.38. The zero-order valence-electron chi connectivity index (χ0n) is 10.1. The van der Waals surface area contributed by atoms with Crippen LogP contribution in [0, 0.1) is 5.41 Å². The van der Waals surface area contributed by atoms with Crippen LogP contribution in [-0.4, -0.2) is 19.8 Å². The molecule has 0 N–H and O–H groups in total. The van der Waals surface area contributed by atoms with E-state index in [1.165, 1.54) is 6.04 Å². The van der Waals surface area contributed by atoms with E-state index in [0.29, 0.717) is 5.41 Å². The molecule has 0 aliphatic rings. The van der Waals surface area contributed by atoms with Crippen molar-refractivity contribution in [2.45, 2.75) is 46.0 Å². The topological polar surface area (TPSA) is 9.23 Å². The van der Waals surface area contributed by atoms with Gasteiger partial charge in [-0.2, -0.15) is 0 Å². The summed E-state index contributed by atoms with van der Waals surface area (Å²) in [6.45, 7) is 15.1. The normalized spacial score (nSPS) is 15.3. The first kappa shape index (κ1) is 14.4. The van der Waals surface area contributed by atoms with Crippen molar-refractivity contribution >= 4 is 24.2 Å². The Bertz CT molecular complexity index is 184. The van der Waals surface area contributed by atoms with Crippen molar-refractivity contribution in [3.05, 3.63) is 12.7 Å². The van der Waals surface area contributed by atoms with Gasteiger partial charge in [-0.05, 0) is 24.6 Å². The van der Waals surface area contributed by atoms with Crippen LogP contribution in [-0.2, 0) is 4.43 Å². The molecule has 14 heavy (non-hydrogen) atoms. The maximum atomic E-state index is 6.09. The van der Waals surface area contributed by atoms with E-state index in [1.54, 1.807) is 0 Å². The predicted octanol–water partition coefficient (Wildman–Crippen LogP) is 4.20. The zero-order valence-corrected chi connectivity index (χ0v) is 12.6. The minimum atomic E-state index is -1.55. The summed E-state index contributed by atoms with van der Waals surface area (Å²) in [5.41, 5.74) is 0.355. The number of halogens is 1. The van der Waals surface area contributed by atoms with Gasteiger partial charge in [-0.3, -0.25) is 0 Å². The number of hydrogen-bond donors (Lipinski definition) is 0. The van der Waals surface area contributed by atoms with Crippen LogP contribution in [0.1, 0.15) is 20.8 Å². The van der Waals surface area contributed by atoms with Crippen LogP contribution in [0.3, 0.4) is 0 Å². The molecule has 0 amide bonds. The molecular weight excluding hydrogens is 256 g/mol. The molecule has 0 fully saturated rings. The number of hydrogen-bond acceptors (Lipinski definition) is 1. The van der Waals surface area contributed by atoms with Gasteiger partial charge in [-0.25, -0.2) is 0 Å². The van der Waals surface area contributed by atoms with Crippen LogP contribution in [0.15, 0.2) is 12.7 Å². The Morgan fingerprint density at radius 2 is 1.93 bits per heavy atom. The smallest absolute Gasteiger partial charge is 0.188 e. The molecule has 0 saturated carbocycles. The number of alkyl halides is 1. The van der Waals surface area contributed by atoms with Gasteiger partial charge in [0.2, 0.25) is 0 Å². The van der Waals surface area contributed by atoms with Crippen LogP contribution >= 0.6 is 15.9 Å². The summed E-state index contributed by atoms with van der Waals surface area (Å²) in [4.78, 5) is 0. The minimum Gasteiger partial charge on any atom is -0.410 e. The third kappa shape index (κ3) is 6.79. The molecule has 1 atom stereocenters. The van der Waals surface area contributed by atoms with Crippen molar-refractivity contribution in [1.82, 2.24) is 0 Å². The van der Waals surface area contributed by atoms with Crippen molar-refractivity contribution in [3.63, 3.8) is 0 Å². The van der Waals surface area contributed by atoms with E-state index < -0.39 is 8.32 Å². The first-order valence-electron chi connectivity index (χ1n) is 5.06. The van der Waals surface area contributed by atoms with Crippen LogP contribution in [0.4, 0.5) is 0 Å². The standard InChI is InChI=1S/C11H23BrOSi/c1-7-10(8-12)13-14(5,6)9-11(2,3)4/h7,10H,1,8-9H2,2-6H3. The fourth-order valence-corrected chi connectivity index (χ4v) is 6.15. The molecule has 0 radical (unpaired) electrons. The largest absolute Gasteiger partial charge is 0.410 e. The van der Waals surface area contributed by atoms with Gasteiger partial charge >= 0.3 is 0 Å². The van der Waals surface area contributed by atoms with Gasteiger partial charge in [-0.1, -0.05) is 42.8 Å². The molecule has 0 spiro atoms. The maximum Gasteiger partial charge on any atom is 0.188 e. The monoisotopic (exact) mass is 278 g/mol. The van der Waals surface area contributed by atoms with Gasteiger partial charge in [0, 0.05) is 5.33 Å². The second-order valence-electron chi connectivity index (χ2n) is 5.54. The first-order valence-corrected chi connectivity index (χ1v) is 9.30. The molecule has 84 valence electrons. The SMILES string of the molecule is C=CC(CBr)O[Si](C)(C)CC(C)(C)C. The van der Waals surface area contributed by atoms with Crippen molar-refractivity contribution in [2.24, 2.45) is 5.41 Å². The van der Waals surface area contributed by atoms with Gasteiger partial charge < -0.3 is 4.43 Å². The molecule has 0 aromatic carbocycles. The summed E-state index contributed by atoms with van der Waals surface area (Å²) < 4.78 is 6.09. The molecule has 0 aromatic heterocycles. The Hall–Kier alpha value is 0.397. The van der Waals surface area contributed by atoms with E-state index in [1.807, 2.05) is 6.08 Å². The maximum absolute atomic E-state index is 6.09. The van der Waals surface area contributed by atoms with Crippen LogP contribution in [0.25, 0.3) is 0 Å². The van der Waals surface area contributed by atoms with Gasteiger partial charge in [-0.15, -0.1) is 6.58 Å².